The zero-order valence-electron chi connectivity index (χ0n) is 10.1. The van der Waals surface area contributed by atoms with Gasteiger partial charge in [0.25, 0.3) is 0 Å². The van der Waals surface area contributed by atoms with Crippen LogP contribution in [0.5, 0.6) is 0 Å². The van der Waals surface area contributed by atoms with Crippen LogP contribution in [0.25, 0.3) is 0 Å². The molecule has 1 saturated carbocycles. The number of carbonyl (C=O) groups is 1. The SMILES string of the molecule is C=C(/C=C1/CCCCC(CC(=O)O)[C]1=[W])OC. The number of carboxylic acid groups (broad SMARTS) is 1. The Morgan fingerprint density at radius 3 is 2.94 bits per heavy atom. The van der Waals surface area contributed by atoms with Gasteiger partial charge < -0.3 is 0 Å². The molecule has 0 aliphatic heterocycles. The van der Waals surface area contributed by atoms with Crippen LogP contribution in [0.1, 0.15) is 32.1 Å². The predicted octanol–water partition coefficient (Wildman–Crippen LogP) is 2.46. The summed E-state index contributed by atoms with van der Waals surface area (Å²) in [5, 5.41) is 8.92. The Bertz CT molecular complexity index is 358. The Kier molecular flexibility index (Phi) is 5.83. The first-order valence-electron chi connectivity index (χ1n) is 5.74. The summed E-state index contributed by atoms with van der Waals surface area (Å²) >= 11 is 1.36. The van der Waals surface area contributed by atoms with E-state index in [-0.39, 0.29) is 12.3 Å². The zero-order chi connectivity index (χ0) is 12.8. The first-order chi connectivity index (χ1) is 8.04. The molecule has 0 saturated heterocycles. The van der Waals surface area contributed by atoms with E-state index in [1.54, 1.807) is 7.11 Å². The average molecular weight is 406 g/mol. The predicted molar refractivity (Wildman–Crippen MR) is 63.4 cm³/mol. The Morgan fingerprint density at radius 2 is 2.35 bits per heavy atom. The fourth-order valence-corrected chi connectivity index (χ4v) is 3.33. The second-order valence-corrected chi connectivity index (χ2v) is 5.82. The molecule has 0 aromatic rings. The van der Waals surface area contributed by atoms with Gasteiger partial charge in [0.15, 0.2) is 0 Å². The van der Waals surface area contributed by atoms with E-state index in [1.165, 1.54) is 28.8 Å². The summed E-state index contributed by atoms with van der Waals surface area (Å²) in [6.07, 6.45) is 6.43. The number of carboxylic acids is 1. The molecule has 1 aliphatic rings. The number of aliphatic carboxylic acids is 1. The van der Waals surface area contributed by atoms with Crippen molar-refractivity contribution in [1.29, 1.82) is 0 Å². The minimum absolute atomic E-state index is 0.195. The van der Waals surface area contributed by atoms with Crippen LogP contribution in [0, 0.1) is 5.92 Å². The fraction of sp³-hybridized carbons (Fsp3) is 0.538. The summed E-state index contributed by atoms with van der Waals surface area (Å²) in [5.74, 6) is 0.135. The molecule has 0 spiro atoms. The van der Waals surface area contributed by atoms with Gasteiger partial charge in [-0.2, -0.15) is 0 Å². The van der Waals surface area contributed by atoms with Crippen LogP contribution in [0.15, 0.2) is 24.0 Å². The van der Waals surface area contributed by atoms with Crippen molar-refractivity contribution in [2.75, 3.05) is 7.11 Å². The van der Waals surface area contributed by atoms with Crippen LogP contribution in [0.4, 0.5) is 0 Å². The average Bonchev–Trinajstić information content (AvgIpc) is 2.43. The Labute approximate surface area is 113 Å². The molecule has 1 aliphatic carbocycles. The molecule has 4 heteroatoms. The first kappa shape index (κ1) is 14.4. The van der Waals surface area contributed by atoms with Gasteiger partial charge in [0.1, 0.15) is 0 Å². The molecule has 0 radical (unpaired) electrons. The summed E-state index contributed by atoms with van der Waals surface area (Å²) < 4.78 is 6.33. The first-order valence-corrected chi connectivity index (χ1v) is 7.20. The molecule has 1 fully saturated rings. The Morgan fingerprint density at radius 1 is 1.65 bits per heavy atom. The van der Waals surface area contributed by atoms with E-state index < -0.39 is 5.97 Å². The third-order valence-electron chi connectivity index (χ3n) is 2.95. The van der Waals surface area contributed by atoms with Gasteiger partial charge >= 0.3 is 113 Å². The molecule has 94 valence electrons. The molecule has 1 unspecified atom stereocenters. The Hall–Kier alpha value is -0.692. The van der Waals surface area contributed by atoms with Crippen molar-refractivity contribution < 1.29 is 34.0 Å². The van der Waals surface area contributed by atoms with Gasteiger partial charge in [0, 0.05) is 0 Å². The molecule has 0 aromatic heterocycles. The van der Waals surface area contributed by atoms with E-state index >= 15 is 0 Å². The van der Waals surface area contributed by atoms with Gasteiger partial charge in [-0.15, -0.1) is 0 Å². The van der Waals surface area contributed by atoms with Crippen LogP contribution in [0.3, 0.4) is 0 Å². The second kappa shape index (κ2) is 6.90. The van der Waals surface area contributed by atoms with Crippen molar-refractivity contribution in [2.24, 2.45) is 5.92 Å². The standard InChI is InChI=1S/C13H18O3.W/c1-10(16-2)7-11-5-3-4-6-12(8-11)9-13(14)15;/h7,12H,1,3-6,9H2,2H3,(H,14,15);/b11-7-;. The molecule has 0 aromatic carbocycles. The minimum atomic E-state index is -0.708. The summed E-state index contributed by atoms with van der Waals surface area (Å²) in [6, 6.07) is 0. The molecule has 0 heterocycles. The topological polar surface area (TPSA) is 46.5 Å². The van der Waals surface area contributed by atoms with Crippen LogP contribution >= 0.6 is 0 Å². The number of hydrogen-bond donors (Lipinski definition) is 1. The van der Waals surface area contributed by atoms with Gasteiger partial charge in [0.2, 0.25) is 0 Å². The quantitative estimate of drug-likeness (QED) is 0.577. The normalized spacial score (nSPS) is 23.2. The van der Waals surface area contributed by atoms with E-state index in [0.29, 0.717) is 5.76 Å². The number of allylic oxidation sites excluding steroid dienone is 2. The molecule has 0 amide bonds. The monoisotopic (exact) mass is 406 g/mol. The summed E-state index contributed by atoms with van der Waals surface area (Å²) in [7, 11) is 1.60. The molecule has 3 nitrogen and oxygen atoms in total. The van der Waals surface area contributed by atoms with Crippen molar-refractivity contribution >= 4 is 9.87 Å². The van der Waals surface area contributed by atoms with Gasteiger partial charge in [-0.25, -0.2) is 0 Å². The van der Waals surface area contributed by atoms with Crippen LogP contribution in [0.2, 0.25) is 0 Å². The number of hydrogen-bond acceptors (Lipinski definition) is 2. The van der Waals surface area contributed by atoms with E-state index in [9.17, 15) is 4.79 Å². The van der Waals surface area contributed by atoms with E-state index in [4.69, 9.17) is 9.84 Å². The summed E-state index contributed by atoms with van der Waals surface area (Å²) in [5.41, 5.74) is 1.23. The van der Waals surface area contributed by atoms with Crippen molar-refractivity contribution in [3.63, 3.8) is 0 Å². The molecule has 1 N–H and O–H groups in total. The number of ether oxygens (including phenoxy) is 1. The van der Waals surface area contributed by atoms with Crippen molar-refractivity contribution in [1.82, 2.24) is 0 Å². The maximum atomic E-state index is 10.8. The van der Waals surface area contributed by atoms with E-state index in [1.807, 2.05) is 6.08 Å². The number of rotatable bonds is 4. The molecule has 0 bridgehead atoms. The molecule has 17 heavy (non-hydrogen) atoms. The van der Waals surface area contributed by atoms with Crippen LogP contribution < -0.4 is 0 Å². The Balaban J connectivity index is 2.84. The summed E-state index contributed by atoms with van der Waals surface area (Å²) in [6.45, 7) is 3.80. The fourth-order valence-electron chi connectivity index (χ4n) is 2.02. The second-order valence-electron chi connectivity index (χ2n) is 4.24. The van der Waals surface area contributed by atoms with Crippen molar-refractivity contribution in [2.45, 2.75) is 32.1 Å². The van der Waals surface area contributed by atoms with Crippen LogP contribution in [-0.2, 0) is 28.9 Å². The molecule has 1 atom stereocenters. The van der Waals surface area contributed by atoms with Crippen molar-refractivity contribution in [3.05, 3.63) is 24.0 Å². The van der Waals surface area contributed by atoms with Gasteiger partial charge in [0.05, 0.1) is 0 Å². The molecular weight excluding hydrogens is 388 g/mol. The molecule has 1 rings (SSSR count). The third kappa shape index (κ3) is 4.59. The number of methoxy groups -OCH3 is 1. The van der Waals surface area contributed by atoms with Crippen LogP contribution in [-0.4, -0.2) is 22.1 Å². The van der Waals surface area contributed by atoms with Crippen molar-refractivity contribution in [3.8, 4) is 0 Å². The van der Waals surface area contributed by atoms with E-state index in [2.05, 4.69) is 6.58 Å². The maximum absolute atomic E-state index is 10.8. The van der Waals surface area contributed by atoms with E-state index in [0.717, 1.165) is 25.7 Å². The summed E-state index contributed by atoms with van der Waals surface area (Å²) in [4.78, 5) is 10.8. The third-order valence-corrected chi connectivity index (χ3v) is 5.09. The van der Waals surface area contributed by atoms with Gasteiger partial charge in [-0.05, 0) is 0 Å². The van der Waals surface area contributed by atoms with Gasteiger partial charge in [-0.3, -0.25) is 0 Å². The zero-order valence-corrected chi connectivity index (χ0v) is 13.0. The van der Waals surface area contributed by atoms with Gasteiger partial charge in [-0.1, -0.05) is 0 Å². The molecular formula is C13H18O3W.